The lowest BCUT2D eigenvalue weighted by Gasteiger charge is -2.35. The molecule has 1 aliphatic rings. The quantitative estimate of drug-likeness (QED) is 0.887. The van der Waals surface area contributed by atoms with Gasteiger partial charge in [-0.2, -0.15) is 0 Å². The van der Waals surface area contributed by atoms with Crippen LogP contribution in [0.4, 0.5) is 8.78 Å². The fourth-order valence-corrected chi connectivity index (χ4v) is 2.59. The van der Waals surface area contributed by atoms with E-state index < -0.39 is 6.67 Å². The van der Waals surface area contributed by atoms with E-state index in [9.17, 15) is 8.78 Å². The van der Waals surface area contributed by atoms with Gasteiger partial charge < -0.3 is 10.1 Å². The molecule has 1 fully saturated rings. The number of piperazine rings is 1. The van der Waals surface area contributed by atoms with Crippen LogP contribution in [0.2, 0.25) is 0 Å². The predicted octanol–water partition coefficient (Wildman–Crippen LogP) is 2.14. The third-order valence-corrected chi connectivity index (χ3v) is 3.53. The van der Waals surface area contributed by atoms with Gasteiger partial charge in [-0.3, -0.25) is 9.29 Å². The first kappa shape index (κ1) is 14.2. The molecule has 0 aliphatic carbocycles. The molecule has 1 aromatic rings. The molecule has 1 aliphatic heterocycles. The van der Waals surface area contributed by atoms with Gasteiger partial charge in [-0.25, -0.2) is 4.39 Å². The Hall–Kier alpha value is -1.20. The van der Waals surface area contributed by atoms with Crippen molar-refractivity contribution in [3.63, 3.8) is 0 Å². The summed E-state index contributed by atoms with van der Waals surface area (Å²) >= 11 is 0. The molecule has 1 heterocycles. The van der Waals surface area contributed by atoms with Crippen LogP contribution in [-0.2, 0) is 0 Å². The van der Waals surface area contributed by atoms with Crippen molar-refractivity contribution in [2.45, 2.75) is 12.5 Å². The van der Waals surface area contributed by atoms with E-state index in [2.05, 4.69) is 10.2 Å². The molecule has 5 heteroatoms. The van der Waals surface area contributed by atoms with Crippen LogP contribution >= 0.6 is 0 Å². The molecular formula is C14H20F2N2O. The van der Waals surface area contributed by atoms with Crippen molar-refractivity contribution in [1.29, 1.82) is 0 Å². The third-order valence-electron chi connectivity index (χ3n) is 3.53. The fourth-order valence-electron chi connectivity index (χ4n) is 2.59. The molecule has 0 saturated carbocycles. The van der Waals surface area contributed by atoms with Gasteiger partial charge in [0.2, 0.25) is 0 Å². The monoisotopic (exact) mass is 270 g/mol. The van der Waals surface area contributed by atoms with Crippen LogP contribution in [-0.4, -0.2) is 44.9 Å². The molecule has 0 spiro atoms. The van der Waals surface area contributed by atoms with Crippen LogP contribution in [0.25, 0.3) is 0 Å². The number of halogens is 2. The van der Waals surface area contributed by atoms with Crippen LogP contribution in [0.3, 0.4) is 0 Å². The molecule has 0 bridgehead atoms. The highest BCUT2D eigenvalue weighted by Gasteiger charge is 2.24. The molecule has 1 aromatic carbocycles. The van der Waals surface area contributed by atoms with E-state index in [0.29, 0.717) is 12.2 Å². The Labute approximate surface area is 112 Å². The number of rotatable bonds is 5. The summed E-state index contributed by atoms with van der Waals surface area (Å²) in [5.41, 5.74) is 0.864. The number of hydrogen-bond donors (Lipinski definition) is 1. The first-order valence-electron chi connectivity index (χ1n) is 6.60. The summed E-state index contributed by atoms with van der Waals surface area (Å²) in [6, 6.07) is 4.42. The van der Waals surface area contributed by atoms with Crippen molar-refractivity contribution >= 4 is 0 Å². The highest BCUT2D eigenvalue weighted by atomic mass is 19.1. The maximum Gasteiger partial charge on any atom is 0.126 e. The zero-order chi connectivity index (χ0) is 13.7. The molecule has 0 amide bonds. The fraction of sp³-hybridized carbons (Fsp3) is 0.571. The van der Waals surface area contributed by atoms with E-state index in [-0.39, 0.29) is 11.9 Å². The minimum atomic E-state index is -0.394. The Morgan fingerprint density at radius 1 is 1.37 bits per heavy atom. The number of alkyl halides is 1. The Morgan fingerprint density at radius 2 is 2.11 bits per heavy atom. The number of nitrogens with zero attached hydrogens (tertiary/aromatic N) is 1. The van der Waals surface area contributed by atoms with Crippen molar-refractivity contribution in [3.8, 4) is 5.75 Å². The molecule has 0 radical (unpaired) electrons. The van der Waals surface area contributed by atoms with Gasteiger partial charge in [0.25, 0.3) is 0 Å². The molecule has 1 atom stereocenters. The van der Waals surface area contributed by atoms with Crippen LogP contribution in [0.5, 0.6) is 5.75 Å². The number of benzene rings is 1. The average molecular weight is 270 g/mol. The van der Waals surface area contributed by atoms with Crippen molar-refractivity contribution in [1.82, 2.24) is 10.2 Å². The zero-order valence-corrected chi connectivity index (χ0v) is 11.2. The summed E-state index contributed by atoms with van der Waals surface area (Å²) in [6.07, 6.45) is 0.405. The second-order valence-corrected chi connectivity index (χ2v) is 4.67. The van der Waals surface area contributed by atoms with E-state index in [1.165, 1.54) is 19.2 Å². The molecule has 0 aromatic heterocycles. The first-order valence-corrected chi connectivity index (χ1v) is 6.60. The Balaban J connectivity index is 2.26. The van der Waals surface area contributed by atoms with Crippen LogP contribution in [0.1, 0.15) is 18.0 Å². The van der Waals surface area contributed by atoms with Gasteiger partial charge in [0.1, 0.15) is 11.6 Å². The first-order chi connectivity index (χ1) is 9.26. The van der Waals surface area contributed by atoms with Crippen molar-refractivity contribution in [3.05, 3.63) is 29.6 Å². The van der Waals surface area contributed by atoms with Crippen molar-refractivity contribution in [2.24, 2.45) is 0 Å². The molecule has 3 nitrogen and oxygen atoms in total. The summed E-state index contributed by atoms with van der Waals surface area (Å²) in [5.74, 6) is 0.164. The van der Waals surface area contributed by atoms with Gasteiger partial charge >= 0.3 is 0 Å². The largest absolute Gasteiger partial charge is 0.496 e. The predicted molar refractivity (Wildman–Crippen MR) is 70.7 cm³/mol. The lowest BCUT2D eigenvalue weighted by atomic mass is 10.0. The lowest BCUT2D eigenvalue weighted by Crippen LogP contribution is -2.45. The smallest absolute Gasteiger partial charge is 0.126 e. The summed E-state index contributed by atoms with van der Waals surface area (Å²) in [5, 5.41) is 3.27. The normalized spacial score (nSPS) is 18.3. The number of hydrogen-bond acceptors (Lipinski definition) is 3. The van der Waals surface area contributed by atoms with Gasteiger partial charge in [0, 0.05) is 43.9 Å². The van der Waals surface area contributed by atoms with Crippen LogP contribution in [0, 0.1) is 5.82 Å². The standard InChI is InChI=1S/C14H20F2N2O/c1-19-14-10-11(16)2-3-12(14)13(4-5-15)18-8-6-17-7-9-18/h2-3,10,13,17H,4-9H2,1H3/t13-/m0/s1. The summed E-state index contributed by atoms with van der Waals surface area (Å²) in [7, 11) is 1.52. The minimum Gasteiger partial charge on any atom is -0.496 e. The van der Waals surface area contributed by atoms with E-state index >= 15 is 0 Å². The van der Waals surface area contributed by atoms with Crippen LogP contribution < -0.4 is 10.1 Å². The summed E-state index contributed by atoms with van der Waals surface area (Å²) in [6.45, 7) is 3.13. The maximum atomic E-state index is 13.2. The van der Waals surface area contributed by atoms with Gasteiger partial charge in [-0.1, -0.05) is 6.07 Å². The number of nitrogens with one attached hydrogen (secondary N) is 1. The number of methoxy groups -OCH3 is 1. The van der Waals surface area contributed by atoms with Gasteiger partial charge in [-0.05, 0) is 12.5 Å². The Bertz CT molecular complexity index is 408. The highest BCUT2D eigenvalue weighted by Crippen LogP contribution is 2.32. The molecular weight excluding hydrogens is 250 g/mol. The van der Waals surface area contributed by atoms with E-state index in [1.54, 1.807) is 6.07 Å². The van der Waals surface area contributed by atoms with Crippen molar-refractivity contribution in [2.75, 3.05) is 40.0 Å². The second kappa shape index (κ2) is 6.82. The lowest BCUT2D eigenvalue weighted by molar-refractivity contribution is 0.155. The van der Waals surface area contributed by atoms with E-state index in [1.807, 2.05) is 0 Å². The number of ether oxygens (including phenoxy) is 1. The summed E-state index contributed by atoms with van der Waals surface area (Å²) < 4.78 is 31.3. The molecule has 0 unspecified atom stereocenters. The molecule has 2 rings (SSSR count). The molecule has 1 saturated heterocycles. The molecule has 106 valence electrons. The highest BCUT2D eigenvalue weighted by molar-refractivity contribution is 5.36. The van der Waals surface area contributed by atoms with Gasteiger partial charge in [0.05, 0.1) is 13.8 Å². The van der Waals surface area contributed by atoms with Gasteiger partial charge in [0.15, 0.2) is 0 Å². The van der Waals surface area contributed by atoms with E-state index in [4.69, 9.17) is 4.74 Å². The SMILES string of the molecule is COc1cc(F)ccc1[C@H](CCF)N1CCNCC1. The zero-order valence-electron chi connectivity index (χ0n) is 11.2. The average Bonchev–Trinajstić information content (AvgIpc) is 2.46. The molecule has 19 heavy (non-hydrogen) atoms. The summed E-state index contributed by atoms with van der Waals surface area (Å²) in [4.78, 5) is 2.23. The Morgan fingerprint density at radius 3 is 2.74 bits per heavy atom. The molecule has 1 N–H and O–H groups in total. The van der Waals surface area contributed by atoms with Crippen molar-refractivity contribution < 1.29 is 13.5 Å². The Kier molecular flexibility index (Phi) is 5.10. The second-order valence-electron chi connectivity index (χ2n) is 4.67. The maximum absolute atomic E-state index is 13.2. The van der Waals surface area contributed by atoms with Gasteiger partial charge in [-0.15, -0.1) is 0 Å². The van der Waals surface area contributed by atoms with Crippen LogP contribution in [0.15, 0.2) is 18.2 Å². The topological polar surface area (TPSA) is 24.5 Å². The third kappa shape index (κ3) is 3.42. The van der Waals surface area contributed by atoms with E-state index in [0.717, 1.165) is 31.7 Å². The minimum absolute atomic E-state index is 0.0531.